The molecule has 5 rings (SSSR count). The van der Waals surface area contributed by atoms with E-state index in [1.165, 1.54) is 30.6 Å². The summed E-state index contributed by atoms with van der Waals surface area (Å²) in [4.78, 5) is 29.7. The minimum absolute atomic E-state index is 0.360. The fourth-order valence-corrected chi connectivity index (χ4v) is 4.70. The van der Waals surface area contributed by atoms with Crippen LogP contribution in [0.2, 0.25) is 0 Å². The lowest BCUT2D eigenvalue weighted by molar-refractivity contribution is 0.413. The summed E-state index contributed by atoms with van der Waals surface area (Å²) in [5, 5.41) is 1.74. The molecule has 30 heavy (non-hydrogen) atoms. The number of hydrogen-bond donors (Lipinski definition) is 1. The lowest BCUT2D eigenvalue weighted by Crippen LogP contribution is -2.33. The molecule has 0 saturated heterocycles. The zero-order valence-corrected chi connectivity index (χ0v) is 16.6. The number of benzene rings is 3. The molecule has 0 bridgehead atoms. The molecule has 0 aliphatic rings. The lowest BCUT2D eigenvalue weighted by Gasteiger charge is -2.08. The summed E-state index contributed by atoms with van der Waals surface area (Å²) >= 11 is 1.23. The highest BCUT2D eigenvalue weighted by Crippen LogP contribution is 2.37. The van der Waals surface area contributed by atoms with Crippen LogP contribution in [0.1, 0.15) is 0 Å². The molecule has 0 radical (unpaired) electrons. The maximum Gasteiger partial charge on any atom is 0.333 e. The third kappa shape index (κ3) is 2.83. The first-order valence-electron chi connectivity index (χ1n) is 9.18. The molecule has 3 aromatic carbocycles. The second-order valence-corrected chi connectivity index (χ2v) is 7.82. The maximum atomic E-state index is 13.6. The van der Waals surface area contributed by atoms with Gasteiger partial charge < -0.3 is 9.72 Å². The average Bonchev–Trinajstić information content (AvgIpc) is 3.17. The number of aromatic amines is 1. The molecule has 5 nitrogen and oxygen atoms in total. The molecule has 0 fully saturated rings. The fraction of sp³-hybridized carbons (Fsp3) is 0.0435. The van der Waals surface area contributed by atoms with Gasteiger partial charge in [0.2, 0.25) is 0 Å². The third-order valence-electron chi connectivity index (χ3n) is 5.01. The molecular weight excluding hydrogens is 403 g/mol. The number of nitrogens with one attached hydrogen (secondary N) is 1. The molecular formula is C23H15FN2O3S. The van der Waals surface area contributed by atoms with Crippen molar-refractivity contribution in [3.05, 3.63) is 93.4 Å². The largest absolute Gasteiger partial charge is 0.496 e. The molecule has 0 amide bonds. The Morgan fingerprint density at radius 1 is 1.00 bits per heavy atom. The molecule has 0 saturated carbocycles. The van der Waals surface area contributed by atoms with E-state index in [2.05, 4.69) is 4.98 Å². The number of aromatic nitrogens is 2. The molecule has 0 spiro atoms. The van der Waals surface area contributed by atoms with Crippen LogP contribution in [0.15, 0.2) is 76.3 Å². The number of ether oxygens (including phenoxy) is 1. The third-order valence-corrected chi connectivity index (χ3v) is 6.17. The van der Waals surface area contributed by atoms with Crippen molar-refractivity contribution in [1.82, 2.24) is 9.55 Å². The number of methoxy groups -OCH3 is 1. The van der Waals surface area contributed by atoms with E-state index < -0.39 is 17.1 Å². The van der Waals surface area contributed by atoms with Gasteiger partial charge in [-0.1, -0.05) is 36.4 Å². The van der Waals surface area contributed by atoms with E-state index in [9.17, 15) is 14.0 Å². The van der Waals surface area contributed by atoms with E-state index in [1.807, 2.05) is 36.4 Å². The van der Waals surface area contributed by atoms with Gasteiger partial charge in [-0.3, -0.25) is 4.79 Å². The SMILES string of the molecule is COc1cc(F)ccc1-c1cc2[nH]c(=O)n(-c3cccc4ccccc34)c(=O)c2s1. The van der Waals surface area contributed by atoms with Crippen molar-refractivity contribution in [2.75, 3.05) is 7.11 Å². The van der Waals surface area contributed by atoms with Crippen molar-refractivity contribution in [2.24, 2.45) is 0 Å². The van der Waals surface area contributed by atoms with Crippen molar-refractivity contribution in [3.63, 3.8) is 0 Å². The summed E-state index contributed by atoms with van der Waals surface area (Å²) in [6.07, 6.45) is 0. The second kappa shape index (κ2) is 6.96. The van der Waals surface area contributed by atoms with Gasteiger partial charge in [0.25, 0.3) is 5.56 Å². The van der Waals surface area contributed by atoms with E-state index in [-0.39, 0.29) is 0 Å². The number of nitrogens with zero attached hydrogens (tertiary/aromatic N) is 1. The van der Waals surface area contributed by atoms with Crippen molar-refractivity contribution >= 4 is 32.3 Å². The van der Waals surface area contributed by atoms with Crippen molar-refractivity contribution in [3.8, 4) is 21.9 Å². The van der Waals surface area contributed by atoms with Crippen LogP contribution in [0, 0.1) is 5.82 Å². The van der Waals surface area contributed by atoms with Crippen LogP contribution in [-0.4, -0.2) is 16.7 Å². The molecule has 5 aromatic rings. The van der Waals surface area contributed by atoms with Gasteiger partial charge in [-0.2, -0.15) is 0 Å². The van der Waals surface area contributed by atoms with E-state index in [1.54, 1.807) is 18.2 Å². The molecule has 0 unspecified atom stereocenters. The van der Waals surface area contributed by atoms with Crippen molar-refractivity contribution < 1.29 is 9.13 Å². The van der Waals surface area contributed by atoms with Gasteiger partial charge in [-0.05, 0) is 29.7 Å². The topological polar surface area (TPSA) is 64.1 Å². The minimum atomic E-state index is -0.515. The van der Waals surface area contributed by atoms with Crippen LogP contribution in [0.5, 0.6) is 5.75 Å². The predicted octanol–water partition coefficient (Wildman–Crippen LogP) is 4.71. The Balaban J connectivity index is 1.78. The van der Waals surface area contributed by atoms with Gasteiger partial charge >= 0.3 is 5.69 Å². The minimum Gasteiger partial charge on any atom is -0.496 e. The average molecular weight is 418 g/mol. The van der Waals surface area contributed by atoms with Gasteiger partial charge in [-0.25, -0.2) is 13.8 Å². The summed E-state index contributed by atoms with van der Waals surface area (Å²) in [5.41, 5.74) is 0.696. The van der Waals surface area contributed by atoms with Crippen LogP contribution in [-0.2, 0) is 0 Å². The molecule has 1 N–H and O–H groups in total. The molecule has 2 heterocycles. The maximum absolute atomic E-state index is 13.6. The first-order valence-corrected chi connectivity index (χ1v) is 9.99. The smallest absolute Gasteiger partial charge is 0.333 e. The molecule has 0 aliphatic heterocycles. The highest BCUT2D eigenvalue weighted by molar-refractivity contribution is 7.22. The van der Waals surface area contributed by atoms with Crippen LogP contribution >= 0.6 is 11.3 Å². The second-order valence-electron chi connectivity index (χ2n) is 6.77. The van der Waals surface area contributed by atoms with Crippen LogP contribution in [0.25, 0.3) is 37.1 Å². The summed E-state index contributed by atoms with van der Waals surface area (Å²) in [6.45, 7) is 0. The highest BCUT2D eigenvalue weighted by Gasteiger charge is 2.17. The van der Waals surface area contributed by atoms with Gasteiger partial charge in [0, 0.05) is 21.9 Å². The van der Waals surface area contributed by atoms with Crippen molar-refractivity contribution in [2.45, 2.75) is 0 Å². The number of hydrogen-bond acceptors (Lipinski definition) is 4. The number of H-pyrrole nitrogens is 1. The first-order chi connectivity index (χ1) is 14.6. The Kier molecular flexibility index (Phi) is 4.25. The van der Waals surface area contributed by atoms with Crippen LogP contribution in [0.4, 0.5) is 4.39 Å². The highest BCUT2D eigenvalue weighted by atomic mass is 32.1. The van der Waals surface area contributed by atoms with Crippen LogP contribution < -0.4 is 16.0 Å². The summed E-state index contributed by atoms with van der Waals surface area (Å²) in [7, 11) is 1.46. The summed E-state index contributed by atoms with van der Waals surface area (Å²) in [6, 6.07) is 19.0. The Labute approximate surface area is 173 Å². The van der Waals surface area contributed by atoms with Crippen LogP contribution in [0.3, 0.4) is 0 Å². The Morgan fingerprint density at radius 3 is 2.63 bits per heavy atom. The molecule has 0 atom stereocenters. The number of thiophene rings is 1. The Morgan fingerprint density at radius 2 is 1.80 bits per heavy atom. The first kappa shape index (κ1) is 18.3. The van der Waals surface area contributed by atoms with Gasteiger partial charge in [0.15, 0.2) is 0 Å². The molecule has 0 aliphatic carbocycles. The standard InChI is InChI=1S/C23H15FN2O3S/c1-29-19-11-14(24)9-10-16(19)20-12-17-21(30-20)22(27)26(23(28)25-17)18-8-4-6-13-5-2-3-7-15(13)18/h2-12H,1H3,(H,25,28). The number of fused-ring (bicyclic) bond motifs is 2. The van der Waals surface area contributed by atoms with Crippen molar-refractivity contribution in [1.29, 1.82) is 0 Å². The summed E-state index contributed by atoms with van der Waals surface area (Å²) < 4.78 is 20.4. The zero-order valence-electron chi connectivity index (χ0n) is 15.8. The number of halogens is 1. The van der Waals surface area contributed by atoms with Gasteiger partial charge in [0.05, 0.1) is 18.3 Å². The lowest BCUT2D eigenvalue weighted by atomic mass is 10.1. The Hall–Kier alpha value is -3.71. The Bertz CT molecular complexity index is 1540. The van der Waals surface area contributed by atoms with Gasteiger partial charge in [-0.15, -0.1) is 11.3 Å². The predicted molar refractivity (Wildman–Crippen MR) is 117 cm³/mol. The molecule has 148 valence electrons. The molecule has 7 heteroatoms. The fourth-order valence-electron chi connectivity index (χ4n) is 3.63. The van der Waals surface area contributed by atoms with E-state index in [0.717, 1.165) is 15.3 Å². The van der Waals surface area contributed by atoms with E-state index in [0.29, 0.717) is 32.1 Å². The van der Waals surface area contributed by atoms with E-state index in [4.69, 9.17) is 4.74 Å². The normalized spacial score (nSPS) is 11.3. The monoisotopic (exact) mass is 418 g/mol. The summed E-state index contributed by atoms with van der Waals surface area (Å²) in [5.74, 6) is -0.0540. The van der Waals surface area contributed by atoms with Gasteiger partial charge in [0.1, 0.15) is 16.3 Å². The quantitative estimate of drug-likeness (QED) is 0.462. The number of rotatable bonds is 3. The zero-order chi connectivity index (χ0) is 20.8. The molecule has 2 aromatic heterocycles. The van der Waals surface area contributed by atoms with E-state index >= 15 is 0 Å².